The van der Waals surface area contributed by atoms with E-state index in [1.165, 1.54) is 10.6 Å². The van der Waals surface area contributed by atoms with E-state index >= 15 is 0 Å². The number of methoxy groups -OCH3 is 1. The zero-order valence-corrected chi connectivity index (χ0v) is 17.8. The van der Waals surface area contributed by atoms with Crippen molar-refractivity contribution in [2.24, 2.45) is 4.99 Å². The molecule has 0 spiro atoms. The number of nitrogens with one attached hydrogen (secondary N) is 1. The maximum absolute atomic E-state index is 13.1. The first kappa shape index (κ1) is 20.9. The van der Waals surface area contributed by atoms with Gasteiger partial charge in [0.25, 0.3) is 11.8 Å². The molecule has 1 N–H and O–H groups in total. The molecule has 0 radical (unpaired) electrons. The van der Waals surface area contributed by atoms with E-state index in [2.05, 4.69) is 27.5 Å². The number of aliphatic imine (C=N–C) groups is 1. The number of benzene rings is 2. The van der Waals surface area contributed by atoms with Crippen LogP contribution in [-0.2, 0) is 16.1 Å². The molecule has 0 bridgehead atoms. The molecule has 2 amide bonds. The van der Waals surface area contributed by atoms with Crippen LogP contribution in [0, 0.1) is 0 Å². The minimum absolute atomic E-state index is 0.177. The maximum atomic E-state index is 13.1. The molecule has 1 saturated heterocycles. The van der Waals surface area contributed by atoms with Crippen LogP contribution in [0.5, 0.6) is 5.75 Å². The largest absolute Gasteiger partial charge is 0.497 e. The number of hydrogen-bond donors (Lipinski definition) is 1. The Labute approximate surface area is 182 Å². The zero-order valence-electron chi connectivity index (χ0n) is 17.8. The SMILES string of the molecule is COc1ccc(CN2CCN(C(=O)C3=N[C@@H](C)C(=O)N(c4ccccc4)N3)CC2)cc1. The fourth-order valence-electron chi connectivity index (χ4n) is 3.75. The van der Waals surface area contributed by atoms with E-state index in [1.807, 2.05) is 42.5 Å². The summed E-state index contributed by atoms with van der Waals surface area (Å²) in [7, 11) is 1.66. The average Bonchev–Trinajstić information content (AvgIpc) is 2.82. The van der Waals surface area contributed by atoms with Crippen molar-refractivity contribution in [1.29, 1.82) is 0 Å². The number of para-hydroxylation sites is 1. The number of hydrazine groups is 1. The van der Waals surface area contributed by atoms with Crippen LogP contribution >= 0.6 is 0 Å². The molecule has 2 aliphatic rings. The number of rotatable bonds is 5. The Balaban J connectivity index is 1.36. The fraction of sp³-hybridized carbons (Fsp3) is 0.348. The second-order valence-electron chi connectivity index (χ2n) is 7.69. The molecule has 162 valence electrons. The smallest absolute Gasteiger partial charge is 0.290 e. The predicted molar refractivity (Wildman–Crippen MR) is 119 cm³/mol. The van der Waals surface area contributed by atoms with Gasteiger partial charge in [-0.25, -0.2) is 10.0 Å². The monoisotopic (exact) mass is 421 g/mol. The number of piperazine rings is 1. The van der Waals surface area contributed by atoms with Crippen LogP contribution in [0.15, 0.2) is 59.6 Å². The Morgan fingerprint density at radius 3 is 2.39 bits per heavy atom. The van der Waals surface area contributed by atoms with Gasteiger partial charge in [-0.15, -0.1) is 0 Å². The van der Waals surface area contributed by atoms with Gasteiger partial charge in [0.2, 0.25) is 5.84 Å². The Kier molecular flexibility index (Phi) is 6.18. The highest BCUT2D eigenvalue weighted by Crippen LogP contribution is 2.17. The molecule has 0 aliphatic carbocycles. The van der Waals surface area contributed by atoms with Crippen LogP contribution in [-0.4, -0.2) is 66.8 Å². The number of hydrogen-bond acceptors (Lipinski definition) is 6. The molecule has 8 heteroatoms. The van der Waals surface area contributed by atoms with E-state index in [0.29, 0.717) is 18.8 Å². The molecule has 0 aromatic heterocycles. The molecule has 2 aliphatic heterocycles. The molecular formula is C23H27N5O3. The van der Waals surface area contributed by atoms with Crippen molar-refractivity contribution in [2.45, 2.75) is 19.5 Å². The first-order valence-electron chi connectivity index (χ1n) is 10.4. The van der Waals surface area contributed by atoms with Crippen LogP contribution in [0.4, 0.5) is 5.69 Å². The van der Waals surface area contributed by atoms with Crippen LogP contribution in [0.3, 0.4) is 0 Å². The zero-order chi connectivity index (χ0) is 21.8. The Hall–Kier alpha value is -3.39. The normalized spacial score (nSPS) is 19.6. The minimum Gasteiger partial charge on any atom is -0.497 e. The summed E-state index contributed by atoms with van der Waals surface area (Å²) in [5, 5.41) is 1.41. The van der Waals surface area contributed by atoms with Crippen molar-refractivity contribution >= 4 is 23.3 Å². The minimum atomic E-state index is -0.614. The average molecular weight is 422 g/mol. The third-order valence-electron chi connectivity index (χ3n) is 5.56. The number of amidine groups is 1. The summed E-state index contributed by atoms with van der Waals surface area (Å²) >= 11 is 0. The van der Waals surface area contributed by atoms with Gasteiger partial charge in [-0.05, 0) is 36.8 Å². The number of carbonyl (C=O) groups excluding carboxylic acids is 2. The lowest BCUT2D eigenvalue weighted by atomic mass is 10.2. The van der Waals surface area contributed by atoms with E-state index in [4.69, 9.17) is 4.74 Å². The van der Waals surface area contributed by atoms with Crippen molar-refractivity contribution in [3.63, 3.8) is 0 Å². The van der Waals surface area contributed by atoms with E-state index in [1.54, 1.807) is 18.9 Å². The summed E-state index contributed by atoms with van der Waals surface area (Å²) in [4.78, 5) is 34.1. The summed E-state index contributed by atoms with van der Waals surface area (Å²) < 4.78 is 5.21. The van der Waals surface area contributed by atoms with Crippen molar-refractivity contribution in [3.8, 4) is 5.75 Å². The summed E-state index contributed by atoms with van der Waals surface area (Å²) in [6.45, 7) is 5.33. The molecule has 2 aromatic rings. The van der Waals surface area contributed by atoms with Gasteiger partial charge in [-0.2, -0.15) is 0 Å². The van der Waals surface area contributed by atoms with Gasteiger partial charge >= 0.3 is 0 Å². The Bertz CT molecular complexity index is 953. The summed E-state index contributed by atoms with van der Waals surface area (Å²) in [5.74, 6) is 0.688. The van der Waals surface area contributed by atoms with Crippen molar-refractivity contribution in [3.05, 3.63) is 60.2 Å². The highest BCUT2D eigenvalue weighted by molar-refractivity contribution is 6.39. The molecule has 0 saturated carbocycles. The lowest BCUT2D eigenvalue weighted by Gasteiger charge is -2.37. The standard InChI is InChI=1S/C23H27N5O3/c1-17-22(29)28(19-6-4-3-5-7-19)25-21(24-17)23(30)27-14-12-26(13-15-27)16-18-8-10-20(31-2)11-9-18/h3-11,17H,12-16H2,1-2H3,(H,24,25)/t17-/m0/s1. The van der Waals surface area contributed by atoms with Gasteiger partial charge in [-0.1, -0.05) is 30.3 Å². The molecule has 4 rings (SSSR count). The van der Waals surface area contributed by atoms with Gasteiger partial charge in [0.15, 0.2) is 0 Å². The lowest BCUT2D eigenvalue weighted by Crippen LogP contribution is -2.60. The molecule has 31 heavy (non-hydrogen) atoms. The number of nitrogens with zero attached hydrogens (tertiary/aromatic N) is 4. The van der Waals surface area contributed by atoms with Gasteiger partial charge in [0.05, 0.1) is 12.8 Å². The van der Waals surface area contributed by atoms with E-state index in [0.717, 1.165) is 25.4 Å². The predicted octanol–water partition coefficient (Wildman–Crippen LogP) is 1.68. The van der Waals surface area contributed by atoms with Gasteiger partial charge in [0, 0.05) is 32.7 Å². The fourth-order valence-corrected chi connectivity index (χ4v) is 3.75. The number of anilines is 1. The molecule has 1 atom stereocenters. The maximum Gasteiger partial charge on any atom is 0.290 e. The summed E-state index contributed by atoms with van der Waals surface area (Å²) in [5.41, 5.74) is 4.82. The van der Waals surface area contributed by atoms with Crippen LogP contribution in [0.2, 0.25) is 0 Å². The van der Waals surface area contributed by atoms with Crippen molar-refractivity contribution in [2.75, 3.05) is 38.3 Å². The Morgan fingerprint density at radius 2 is 1.74 bits per heavy atom. The molecule has 2 heterocycles. The van der Waals surface area contributed by atoms with Gasteiger partial charge in [-0.3, -0.25) is 19.9 Å². The van der Waals surface area contributed by atoms with E-state index in [-0.39, 0.29) is 17.6 Å². The first-order valence-corrected chi connectivity index (χ1v) is 10.4. The molecule has 8 nitrogen and oxygen atoms in total. The Morgan fingerprint density at radius 1 is 1.06 bits per heavy atom. The second kappa shape index (κ2) is 9.18. The van der Waals surface area contributed by atoms with Crippen molar-refractivity contribution < 1.29 is 14.3 Å². The third-order valence-corrected chi connectivity index (χ3v) is 5.56. The van der Waals surface area contributed by atoms with Crippen LogP contribution in [0.1, 0.15) is 12.5 Å². The van der Waals surface area contributed by atoms with E-state index < -0.39 is 6.04 Å². The van der Waals surface area contributed by atoms with Crippen LogP contribution in [0.25, 0.3) is 0 Å². The first-order chi connectivity index (χ1) is 15.0. The summed E-state index contributed by atoms with van der Waals surface area (Å²) in [6.07, 6.45) is 0. The quantitative estimate of drug-likeness (QED) is 0.795. The molecule has 2 aromatic carbocycles. The topological polar surface area (TPSA) is 77.5 Å². The number of carbonyl (C=O) groups is 2. The number of amides is 2. The summed E-state index contributed by atoms with van der Waals surface area (Å²) in [6, 6.07) is 16.7. The highest BCUT2D eigenvalue weighted by Gasteiger charge is 2.33. The van der Waals surface area contributed by atoms with Crippen molar-refractivity contribution in [1.82, 2.24) is 15.2 Å². The number of ether oxygens (including phenoxy) is 1. The van der Waals surface area contributed by atoms with E-state index in [9.17, 15) is 9.59 Å². The second-order valence-corrected chi connectivity index (χ2v) is 7.69. The van der Waals surface area contributed by atoms with Crippen LogP contribution < -0.4 is 15.2 Å². The highest BCUT2D eigenvalue weighted by atomic mass is 16.5. The lowest BCUT2D eigenvalue weighted by molar-refractivity contribution is -0.126. The van der Waals surface area contributed by atoms with Gasteiger partial charge < -0.3 is 9.64 Å². The third kappa shape index (κ3) is 4.69. The molecular weight excluding hydrogens is 394 g/mol. The molecule has 0 unspecified atom stereocenters. The van der Waals surface area contributed by atoms with Gasteiger partial charge in [0.1, 0.15) is 11.8 Å². The molecule has 1 fully saturated rings.